The lowest BCUT2D eigenvalue weighted by Gasteiger charge is -2.36. The van der Waals surface area contributed by atoms with Crippen molar-refractivity contribution in [3.63, 3.8) is 0 Å². The third-order valence-corrected chi connectivity index (χ3v) is 5.59. The molecule has 3 aliphatic heterocycles. The Morgan fingerprint density at radius 1 is 0.963 bits per heavy atom. The van der Waals surface area contributed by atoms with Crippen LogP contribution in [-0.4, -0.2) is 24.7 Å². The van der Waals surface area contributed by atoms with Crippen LogP contribution in [-0.2, 0) is 20.9 Å². The number of ether oxygens (including phenoxy) is 2. The fourth-order valence-corrected chi connectivity index (χ4v) is 4.15. The summed E-state index contributed by atoms with van der Waals surface area (Å²) in [7, 11) is 0. The van der Waals surface area contributed by atoms with E-state index in [0.29, 0.717) is 49.6 Å². The minimum atomic E-state index is -0.895. The number of rotatable bonds is 1. The standard InChI is InChI=1S/C21H17F2NO3/c22-16-4-3-13(10-17(16)23)12-1-2-14-11-27-19-18(15(14)9-12)20(25)24-21(19)5-7-26-8-6-21/h1-4,9-10H,5-8,11H2,(H,24,25). The summed E-state index contributed by atoms with van der Waals surface area (Å²) in [5.74, 6) is -1.25. The number of amides is 1. The van der Waals surface area contributed by atoms with E-state index in [0.717, 1.165) is 22.8 Å². The molecule has 138 valence electrons. The van der Waals surface area contributed by atoms with Crippen molar-refractivity contribution in [3.05, 3.63) is 64.9 Å². The molecule has 1 N–H and O–H groups in total. The van der Waals surface area contributed by atoms with Gasteiger partial charge in [0, 0.05) is 26.1 Å². The largest absolute Gasteiger partial charge is 0.490 e. The van der Waals surface area contributed by atoms with Gasteiger partial charge in [-0.05, 0) is 40.5 Å². The average molecular weight is 369 g/mol. The van der Waals surface area contributed by atoms with Crippen LogP contribution in [0.25, 0.3) is 16.7 Å². The summed E-state index contributed by atoms with van der Waals surface area (Å²) in [5.41, 5.74) is 3.02. The number of benzene rings is 2. The Kier molecular flexibility index (Phi) is 3.59. The molecular formula is C21H17F2NO3. The first kappa shape index (κ1) is 16.4. The van der Waals surface area contributed by atoms with Crippen molar-refractivity contribution in [1.29, 1.82) is 0 Å². The molecule has 1 saturated heterocycles. The van der Waals surface area contributed by atoms with Crippen molar-refractivity contribution in [3.8, 4) is 11.1 Å². The molecule has 4 nitrogen and oxygen atoms in total. The number of hydrogen-bond donors (Lipinski definition) is 1. The quantitative estimate of drug-likeness (QED) is 0.836. The van der Waals surface area contributed by atoms with E-state index in [1.807, 2.05) is 18.2 Å². The molecule has 5 rings (SSSR count). The van der Waals surface area contributed by atoms with Gasteiger partial charge in [-0.2, -0.15) is 0 Å². The fourth-order valence-electron chi connectivity index (χ4n) is 4.15. The second-order valence-corrected chi connectivity index (χ2v) is 7.14. The minimum Gasteiger partial charge on any atom is -0.490 e. The van der Waals surface area contributed by atoms with Gasteiger partial charge in [0.15, 0.2) is 11.6 Å². The van der Waals surface area contributed by atoms with Crippen LogP contribution in [0.3, 0.4) is 0 Å². The Labute approximate surface area is 154 Å². The van der Waals surface area contributed by atoms with Gasteiger partial charge in [-0.1, -0.05) is 18.2 Å². The predicted molar refractivity (Wildman–Crippen MR) is 94.4 cm³/mol. The maximum absolute atomic E-state index is 13.6. The summed E-state index contributed by atoms with van der Waals surface area (Å²) in [4.78, 5) is 12.8. The van der Waals surface area contributed by atoms with Crippen LogP contribution in [0, 0.1) is 11.6 Å². The third-order valence-electron chi connectivity index (χ3n) is 5.59. The van der Waals surface area contributed by atoms with E-state index < -0.39 is 17.2 Å². The molecule has 3 heterocycles. The molecule has 3 aliphatic rings. The van der Waals surface area contributed by atoms with E-state index in [4.69, 9.17) is 9.47 Å². The number of nitrogens with one attached hydrogen (secondary N) is 1. The molecule has 0 bridgehead atoms. The fraction of sp³-hybridized carbons (Fsp3) is 0.286. The second kappa shape index (κ2) is 5.89. The topological polar surface area (TPSA) is 47.6 Å². The predicted octanol–water partition coefficient (Wildman–Crippen LogP) is 3.55. The Balaban J connectivity index is 1.63. The molecule has 0 aromatic heterocycles. The number of hydrogen-bond acceptors (Lipinski definition) is 3. The molecule has 0 saturated carbocycles. The van der Waals surface area contributed by atoms with E-state index in [1.54, 1.807) is 0 Å². The number of fused-ring (bicyclic) bond motifs is 3. The smallest absolute Gasteiger partial charge is 0.256 e. The maximum Gasteiger partial charge on any atom is 0.256 e. The first-order chi connectivity index (χ1) is 13.1. The maximum atomic E-state index is 13.6. The van der Waals surface area contributed by atoms with Crippen molar-refractivity contribution in [2.45, 2.75) is 25.0 Å². The third kappa shape index (κ3) is 2.47. The summed E-state index contributed by atoms with van der Waals surface area (Å²) < 4.78 is 38.3. The van der Waals surface area contributed by atoms with Crippen molar-refractivity contribution < 1.29 is 23.0 Å². The van der Waals surface area contributed by atoms with Crippen LogP contribution >= 0.6 is 0 Å². The molecule has 27 heavy (non-hydrogen) atoms. The molecule has 6 heteroatoms. The number of carbonyl (C=O) groups excluding carboxylic acids is 1. The lowest BCUT2D eigenvalue weighted by Crippen LogP contribution is -2.49. The Morgan fingerprint density at radius 2 is 1.70 bits per heavy atom. The van der Waals surface area contributed by atoms with Crippen LogP contribution in [0.2, 0.25) is 0 Å². The molecule has 2 aromatic rings. The Hall–Kier alpha value is -2.73. The van der Waals surface area contributed by atoms with Crippen LogP contribution < -0.4 is 5.32 Å². The summed E-state index contributed by atoms with van der Waals surface area (Å²) in [6.45, 7) is 1.52. The Morgan fingerprint density at radius 3 is 2.48 bits per heavy atom. The summed E-state index contributed by atoms with van der Waals surface area (Å²) in [6, 6.07) is 9.37. The monoisotopic (exact) mass is 369 g/mol. The van der Waals surface area contributed by atoms with Gasteiger partial charge in [0.2, 0.25) is 0 Å². The van der Waals surface area contributed by atoms with E-state index in [1.165, 1.54) is 12.1 Å². The molecule has 0 unspecified atom stereocenters. The van der Waals surface area contributed by atoms with Gasteiger partial charge in [-0.15, -0.1) is 0 Å². The average Bonchev–Trinajstić information content (AvgIpc) is 2.95. The second-order valence-electron chi connectivity index (χ2n) is 7.14. The van der Waals surface area contributed by atoms with E-state index in [9.17, 15) is 13.6 Å². The van der Waals surface area contributed by atoms with Crippen LogP contribution in [0.5, 0.6) is 0 Å². The molecule has 1 fully saturated rings. The molecule has 0 radical (unpaired) electrons. The van der Waals surface area contributed by atoms with Crippen molar-refractivity contribution in [2.24, 2.45) is 0 Å². The SMILES string of the molecule is O=C1NC2(CCOCC2)C2=C1c1cc(-c3ccc(F)c(F)c3)ccc1CO2. The minimum absolute atomic E-state index is 0.157. The zero-order chi connectivity index (χ0) is 18.6. The van der Waals surface area contributed by atoms with E-state index in [-0.39, 0.29) is 5.91 Å². The van der Waals surface area contributed by atoms with Gasteiger partial charge >= 0.3 is 0 Å². The highest BCUT2D eigenvalue weighted by Gasteiger charge is 2.49. The van der Waals surface area contributed by atoms with Crippen LogP contribution in [0.4, 0.5) is 8.78 Å². The molecule has 2 aromatic carbocycles. The van der Waals surface area contributed by atoms with Crippen molar-refractivity contribution in [2.75, 3.05) is 13.2 Å². The highest BCUT2D eigenvalue weighted by atomic mass is 19.2. The van der Waals surface area contributed by atoms with Crippen molar-refractivity contribution in [1.82, 2.24) is 5.32 Å². The van der Waals surface area contributed by atoms with Gasteiger partial charge in [0.25, 0.3) is 5.91 Å². The molecular weight excluding hydrogens is 352 g/mol. The van der Waals surface area contributed by atoms with Gasteiger partial charge < -0.3 is 14.8 Å². The Bertz CT molecular complexity index is 993. The zero-order valence-electron chi connectivity index (χ0n) is 14.5. The van der Waals surface area contributed by atoms with Crippen LogP contribution in [0.1, 0.15) is 24.0 Å². The van der Waals surface area contributed by atoms with Gasteiger partial charge in [0.05, 0.1) is 5.57 Å². The van der Waals surface area contributed by atoms with E-state index in [2.05, 4.69) is 5.32 Å². The molecule has 1 spiro atoms. The van der Waals surface area contributed by atoms with Gasteiger partial charge in [0.1, 0.15) is 17.9 Å². The highest BCUT2D eigenvalue weighted by Crippen LogP contribution is 2.44. The summed E-state index contributed by atoms with van der Waals surface area (Å²) in [6.07, 6.45) is 1.35. The van der Waals surface area contributed by atoms with Gasteiger partial charge in [-0.25, -0.2) is 8.78 Å². The van der Waals surface area contributed by atoms with E-state index >= 15 is 0 Å². The lowest BCUT2D eigenvalue weighted by molar-refractivity contribution is -0.117. The molecule has 0 aliphatic carbocycles. The van der Waals surface area contributed by atoms with Crippen LogP contribution in [0.15, 0.2) is 42.2 Å². The highest BCUT2D eigenvalue weighted by molar-refractivity contribution is 6.24. The van der Waals surface area contributed by atoms with Crippen molar-refractivity contribution >= 4 is 11.5 Å². The normalized spacial score (nSPS) is 20.1. The first-order valence-corrected chi connectivity index (χ1v) is 8.94. The first-order valence-electron chi connectivity index (χ1n) is 8.94. The number of halogens is 2. The van der Waals surface area contributed by atoms with Gasteiger partial charge in [-0.3, -0.25) is 4.79 Å². The molecule has 0 atom stereocenters. The zero-order valence-corrected chi connectivity index (χ0v) is 14.5. The molecule has 1 amide bonds. The summed E-state index contributed by atoms with van der Waals surface area (Å²) in [5, 5.41) is 3.10. The number of carbonyl (C=O) groups is 1. The summed E-state index contributed by atoms with van der Waals surface area (Å²) >= 11 is 0. The lowest BCUT2D eigenvalue weighted by atomic mass is 9.85.